The van der Waals surface area contributed by atoms with E-state index in [1.54, 1.807) is 28.4 Å². The molecule has 2 unspecified atom stereocenters. The number of quaternary nitrogens is 1. The van der Waals surface area contributed by atoms with Crippen molar-refractivity contribution in [3.63, 3.8) is 0 Å². The van der Waals surface area contributed by atoms with E-state index in [4.69, 9.17) is 18.9 Å². The third-order valence-corrected chi connectivity index (χ3v) is 7.66. The van der Waals surface area contributed by atoms with Crippen LogP contribution >= 0.6 is 0 Å². The van der Waals surface area contributed by atoms with Gasteiger partial charge in [0.2, 0.25) is 0 Å². The van der Waals surface area contributed by atoms with Crippen LogP contribution in [0.5, 0.6) is 23.0 Å². The van der Waals surface area contributed by atoms with Crippen LogP contribution in [0.3, 0.4) is 0 Å². The second-order valence-electron chi connectivity index (χ2n) is 9.45. The van der Waals surface area contributed by atoms with E-state index in [1.165, 1.54) is 27.8 Å². The van der Waals surface area contributed by atoms with Crippen LogP contribution in [0, 0.1) is 0 Å². The van der Waals surface area contributed by atoms with Gasteiger partial charge in [-0.15, -0.1) is 0 Å². The van der Waals surface area contributed by atoms with E-state index in [2.05, 4.69) is 54.6 Å². The highest BCUT2D eigenvalue weighted by Gasteiger charge is 2.45. The highest BCUT2D eigenvalue weighted by atomic mass is 16.5. The molecule has 0 fully saturated rings. The summed E-state index contributed by atoms with van der Waals surface area (Å²) < 4.78 is 23.7. The Bertz CT molecular complexity index is 1180. The lowest BCUT2D eigenvalue weighted by atomic mass is 9.85. The molecule has 0 amide bonds. The number of aryl methyl sites for hydroxylation is 1. The fourth-order valence-corrected chi connectivity index (χ4v) is 6.03. The SMILES string of the molecule is COc1cc2c(cc1OC)C[N+]1(Cc3ccccc3)CCCc3cc(OC)c(OC)cc3C1C2. The lowest BCUT2D eigenvalue weighted by Gasteiger charge is -2.48. The van der Waals surface area contributed by atoms with Crippen molar-refractivity contribution in [1.82, 2.24) is 0 Å². The van der Waals surface area contributed by atoms with E-state index >= 15 is 0 Å². The fraction of sp³-hybridized carbons (Fsp3) is 0.379. The van der Waals surface area contributed by atoms with Gasteiger partial charge in [-0.1, -0.05) is 30.3 Å². The van der Waals surface area contributed by atoms with Crippen molar-refractivity contribution >= 4 is 0 Å². The van der Waals surface area contributed by atoms with Gasteiger partial charge in [0.05, 0.1) is 35.0 Å². The Morgan fingerprint density at radius 3 is 1.97 bits per heavy atom. The Hall–Kier alpha value is -3.18. The van der Waals surface area contributed by atoms with Crippen LogP contribution in [-0.2, 0) is 25.9 Å². The molecule has 5 heteroatoms. The highest BCUT2D eigenvalue weighted by molar-refractivity contribution is 5.51. The van der Waals surface area contributed by atoms with Crippen LogP contribution in [-0.4, -0.2) is 39.5 Å². The number of rotatable bonds is 6. The van der Waals surface area contributed by atoms with E-state index in [1.807, 2.05) is 0 Å². The first-order valence-electron chi connectivity index (χ1n) is 12.0. The zero-order valence-electron chi connectivity index (χ0n) is 20.6. The van der Waals surface area contributed by atoms with Crippen LogP contribution in [0.1, 0.15) is 40.3 Å². The van der Waals surface area contributed by atoms with Gasteiger partial charge in [0.15, 0.2) is 23.0 Å². The van der Waals surface area contributed by atoms with Gasteiger partial charge in [0.25, 0.3) is 0 Å². The summed E-state index contributed by atoms with van der Waals surface area (Å²) in [7, 11) is 6.86. The first-order chi connectivity index (χ1) is 16.6. The monoisotopic (exact) mass is 460 g/mol. The predicted octanol–water partition coefficient (Wildman–Crippen LogP) is 5.48. The molecule has 2 atom stereocenters. The average molecular weight is 461 g/mol. The van der Waals surface area contributed by atoms with Crippen molar-refractivity contribution in [2.75, 3.05) is 35.0 Å². The standard InChI is InChI=1S/C29H34NO4/c1-31-26-14-21-11-8-12-30(18-20-9-6-5-7-10-20)19-23-16-28(33-3)27(32-2)15-22(23)13-25(30)24(21)17-29(26)34-4/h5-7,9-10,14-17,25H,8,11-13,18-19H2,1-4H3/q+1. The van der Waals surface area contributed by atoms with Crippen LogP contribution in [0.2, 0.25) is 0 Å². The minimum Gasteiger partial charge on any atom is -0.493 e. The second kappa shape index (κ2) is 9.22. The molecule has 0 spiro atoms. The molecule has 3 aromatic rings. The molecule has 2 aliphatic rings. The first kappa shape index (κ1) is 22.6. The maximum absolute atomic E-state index is 5.74. The molecule has 0 bridgehead atoms. The van der Waals surface area contributed by atoms with Crippen molar-refractivity contribution < 1.29 is 23.4 Å². The van der Waals surface area contributed by atoms with E-state index in [0.29, 0.717) is 6.04 Å². The Labute approximate surface area is 202 Å². The number of fused-ring (bicyclic) bond motifs is 4. The summed E-state index contributed by atoms with van der Waals surface area (Å²) >= 11 is 0. The molecule has 5 rings (SSSR count). The van der Waals surface area contributed by atoms with E-state index in [-0.39, 0.29) is 0 Å². The van der Waals surface area contributed by atoms with Crippen molar-refractivity contribution in [3.05, 3.63) is 82.4 Å². The van der Waals surface area contributed by atoms with E-state index in [9.17, 15) is 0 Å². The number of hydrogen-bond donors (Lipinski definition) is 0. The first-order valence-corrected chi connectivity index (χ1v) is 12.0. The lowest BCUT2D eigenvalue weighted by molar-refractivity contribution is -0.983. The number of nitrogens with zero attached hydrogens (tertiary/aromatic N) is 1. The van der Waals surface area contributed by atoms with Gasteiger partial charge in [0, 0.05) is 29.5 Å². The lowest BCUT2D eigenvalue weighted by Crippen LogP contribution is -2.52. The molecule has 0 aliphatic carbocycles. The molecule has 178 valence electrons. The molecular formula is C29H34NO4+. The zero-order valence-corrected chi connectivity index (χ0v) is 20.6. The topological polar surface area (TPSA) is 36.9 Å². The van der Waals surface area contributed by atoms with Crippen molar-refractivity contribution in [2.45, 2.75) is 38.4 Å². The summed E-state index contributed by atoms with van der Waals surface area (Å²) in [6, 6.07) is 20.0. The van der Waals surface area contributed by atoms with Gasteiger partial charge < -0.3 is 23.4 Å². The molecule has 34 heavy (non-hydrogen) atoms. The van der Waals surface area contributed by atoms with Gasteiger partial charge in [-0.25, -0.2) is 0 Å². The Balaban J connectivity index is 1.68. The summed E-state index contributed by atoms with van der Waals surface area (Å²) in [5.41, 5.74) is 6.83. The van der Waals surface area contributed by atoms with Gasteiger partial charge >= 0.3 is 0 Å². The summed E-state index contributed by atoms with van der Waals surface area (Å²) in [6.07, 6.45) is 3.13. The molecule has 0 aromatic heterocycles. The molecule has 0 saturated carbocycles. The normalized spacial score (nSPS) is 20.9. The molecule has 5 nitrogen and oxygen atoms in total. The zero-order chi connectivity index (χ0) is 23.7. The molecule has 2 heterocycles. The second-order valence-corrected chi connectivity index (χ2v) is 9.45. The molecule has 2 aliphatic heterocycles. The Kier molecular flexibility index (Phi) is 6.13. The van der Waals surface area contributed by atoms with E-state index < -0.39 is 0 Å². The third-order valence-electron chi connectivity index (χ3n) is 7.66. The molecule has 3 aromatic carbocycles. The fourth-order valence-electron chi connectivity index (χ4n) is 6.03. The maximum Gasteiger partial charge on any atom is 0.161 e. The summed E-state index contributed by atoms with van der Waals surface area (Å²) in [6.45, 7) is 3.07. The Morgan fingerprint density at radius 1 is 0.735 bits per heavy atom. The summed E-state index contributed by atoms with van der Waals surface area (Å²) in [5.74, 6) is 3.22. The van der Waals surface area contributed by atoms with Crippen LogP contribution in [0.15, 0.2) is 54.6 Å². The predicted molar refractivity (Wildman–Crippen MR) is 133 cm³/mol. The number of ether oxygens (including phenoxy) is 4. The highest BCUT2D eigenvalue weighted by Crippen LogP contribution is 2.48. The molecule has 0 saturated heterocycles. The van der Waals surface area contributed by atoms with Gasteiger partial charge in [-0.2, -0.15) is 0 Å². The maximum atomic E-state index is 5.74. The van der Waals surface area contributed by atoms with Gasteiger partial charge in [0.1, 0.15) is 19.1 Å². The number of benzene rings is 3. The van der Waals surface area contributed by atoms with Crippen LogP contribution < -0.4 is 18.9 Å². The van der Waals surface area contributed by atoms with Crippen LogP contribution in [0.4, 0.5) is 0 Å². The number of hydrogen-bond acceptors (Lipinski definition) is 4. The smallest absolute Gasteiger partial charge is 0.161 e. The van der Waals surface area contributed by atoms with Gasteiger partial charge in [-0.05, 0) is 41.8 Å². The average Bonchev–Trinajstić information content (AvgIpc) is 3.01. The molecular weight excluding hydrogens is 426 g/mol. The largest absolute Gasteiger partial charge is 0.493 e. The number of methoxy groups -OCH3 is 4. The molecule has 0 N–H and O–H groups in total. The minimum atomic E-state index is 0.322. The quantitative estimate of drug-likeness (QED) is 0.457. The summed E-state index contributed by atoms with van der Waals surface area (Å²) in [4.78, 5) is 0. The Morgan fingerprint density at radius 2 is 1.32 bits per heavy atom. The third kappa shape index (κ3) is 3.88. The van der Waals surface area contributed by atoms with Crippen molar-refractivity contribution in [3.8, 4) is 23.0 Å². The van der Waals surface area contributed by atoms with E-state index in [0.717, 1.165) is 66.4 Å². The van der Waals surface area contributed by atoms with Crippen molar-refractivity contribution in [2.24, 2.45) is 0 Å². The summed E-state index contributed by atoms with van der Waals surface area (Å²) in [5, 5.41) is 0. The van der Waals surface area contributed by atoms with Gasteiger partial charge in [-0.3, -0.25) is 0 Å². The minimum absolute atomic E-state index is 0.322. The van der Waals surface area contributed by atoms with Crippen molar-refractivity contribution in [1.29, 1.82) is 0 Å². The molecule has 0 radical (unpaired) electrons. The van der Waals surface area contributed by atoms with Crippen LogP contribution in [0.25, 0.3) is 0 Å².